The monoisotopic (exact) mass is 477 g/mol. The van der Waals surface area contributed by atoms with Crippen LogP contribution < -0.4 is 4.74 Å². The number of aromatic nitrogens is 1. The molecular formula is C28H32FN3O3. The fourth-order valence-electron chi connectivity index (χ4n) is 4.43. The molecule has 0 bridgehead atoms. The molecule has 1 aliphatic heterocycles. The third-order valence-electron chi connectivity index (χ3n) is 6.49. The third kappa shape index (κ3) is 5.69. The molecular weight excluding hydrogens is 445 g/mol. The summed E-state index contributed by atoms with van der Waals surface area (Å²) in [4.78, 5) is 21.9. The first-order valence-corrected chi connectivity index (χ1v) is 11.9. The molecule has 3 atom stereocenters. The quantitative estimate of drug-likeness (QED) is 0.552. The zero-order valence-electron chi connectivity index (χ0n) is 20.4. The van der Waals surface area contributed by atoms with Crippen LogP contribution in [0.1, 0.15) is 29.8 Å². The van der Waals surface area contributed by atoms with Crippen molar-refractivity contribution in [2.24, 2.45) is 5.92 Å². The molecule has 1 aliphatic rings. The Bertz CT molecular complexity index is 1160. The minimum Gasteiger partial charge on any atom is -0.472 e. The van der Waals surface area contributed by atoms with Gasteiger partial charge in [-0.25, -0.2) is 9.37 Å². The van der Waals surface area contributed by atoms with Gasteiger partial charge in [-0.2, -0.15) is 0 Å². The van der Waals surface area contributed by atoms with Gasteiger partial charge in [0.25, 0.3) is 5.91 Å². The van der Waals surface area contributed by atoms with Crippen LogP contribution in [0.2, 0.25) is 0 Å². The molecule has 0 saturated heterocycles. The highest BCUT2D eigenvalue weighted by atomic mass is 19.1. The number of rotatable bonds is 7. The Morgan fingerprint density at radius 3 is 2.60 bits per heavy atom. The molecule has 1 aromatic heterocycles. The third-order valence-corrected chi connectivity index (χ3v) is 6.49. The maximum Gasteiger partial charge on any atom is 0.259 e. The lowest BCUT2D eigenvalue weighted by atomic mass is 9.99. The smallest absolute Gasteiger partial charge is 0.259 e. The summed E-state index contributed by atoms with van der Waals surface area (Å²) in [6, 6.07) is 17.9. The number of pyridine rings is 1. The number of aliphatic hydroxyl groups excluding tert-OH is 1. The maximum atomic E-state index is 14.5. The van der Waals surface area contributed by atoms with E-state index in [-0.39, 0.29) is 47.8 Å². The van der Waals surface area contributed by atoms with Gasteiger partial charge in [0.1, 0.15) is 17.5 Å². The number of fused-ring (bicyclic) bond motifs is 1. The number of carbonyl (C=O) groups excluding carboxylic acids is 1. The first-order valence-electron chi connectivity index (χ1n) is 11.9. The van der Waals surface area contributed by atoms with Crippen molar-refractivity contribution in [2.75, 3.05) is 26.7 Å². The number of carbonyl (C=O) groups is 1. The summed E-state index contributed by atoms with van der Waals surface area (Å²) in [5.74, 6) is -0.444. The maximum absolute atomic E-state index is 14.5. The molecule has 184 valence electrons. The van der Waals surface area contributed by atoms with Crippen LogP contribution in [-0.4, -0.2) is 64.7 Å². The molecule has 2 heterocycles. The highest BCUT2D eigenvalue weighted by molar-refractivity contribution is 5.98. The molecule has 2 aromatic carbocycles. The second kappa shape index (κ2) is 11.0. The Kier molecular flexibility index (Phi) is 7.78. The van der Waals surface area contributed by atoms with Crippen molar-refractivity contribution in [3.8, 4) is 17.0 Å². The van der Waals surface area contributed by atoms with Gasteiger partial charge in [0.05, 0.1) is 12.6 Å². The summed E-state index contributed by atoms with van der Waals surface area (Å²) in [6.07, 6.45) is 1.30. The molecule has 4 rings (SSSR count). The van der Waals surface area contributed by atoms with E-state index in [0.717, 1.165) is 6.54 Å². The van der Waals surface area contributed by atoms with Gasteiger partial charge in [0.15, 0.2) is 0 Å². The van der Waals surface area contributed by atoms with Crippen LogP contribution in [-0.2, 0) is 6.54 Å². The van der Waals surface area contributed by atoms with Gasteiger partial charge in [-0.1, -0.05) is 55.5 Å². The molecule has 0 radical (unpaired) electrons. The van der Waals surface area contributed by atoms with E-state index in [0.29, 0.717) is 24.2 Å². The summed E-state index contributed by atoms with van der Waals surface area (Å²) >= 11 is 0. The second-order valence-corrected chi connectivity index (χ2v) is 9.36. The topological polar surface area (TPSA) is 65.9 Å². The number of benzene rings is 2. The summed E-state index contributed by atoms with van der Waals surface area (Å²) in [5.41, 5.74) is 2.34. The number of nitrogens with zero attached hydrogens (tertiary/aromatic N) is 3. The van der Waals surface area contributed by atoms with Crippen LogP contribution in [0, 0.1) is 11.7 Å². The van der Waals surface area contributed by atoms with Crippen molar-refractivity contribution in [2.45, 2.75) is 32.5 Å². The van der Waals surface area contributed by atoms with Crippen molar-refractivity contribution >= 4 is 5.91 Å². The largest absolute Gasteiger partial charge is 0.472 e. The molecule has 0 saturated carbocycles. The number of amides is 1. The van der Waals surface area contributed by atoms with E-state index in [1.807, 2.05) is 39.1 Å². The zero-order chi connectivity index (χ0) is 24.9. The predicted molar refractivity (Wildman–Crippen MR) is 134 cm³/mol. The van der Waals surface area contributed by atoms with E-state index in [1.165, 1.54) is 11.6 Å². The van der Waals surface area contributed by atoms with E-state index >= 15 is 0 Å². The number of ether oxygens (including phenoxy) is 1. The SMILES string of the molecule is C[C@H]1CN([C@@H](C)CO)C(=O)c2cc(-c3ccccc3F)cnc2O[C@@H]1CN(C)Cc1ccccc1. The van der Waals surface area contributed by atoms with E-state index in [2.05, 4.69) is 22.0 Å². The number of halogens is 1. The highest BCUT2D eigenvalue weighted by Gasteiger charge is 2.34. The Balaban J connectivity index is 1.67. The molecule has 0 aliphatic carbocycles. The van der Waals surface area contributed by atoms with Gasteiger partial charge in [-0.15, -0.1) is 0 Å². The Morgan fingerprint density at radius 2 is 1.89 bits per heavy atom. The van der Waals surface area contributed by atoms with E-state index in [9.17, 15) is 14.3 Å². The van der Waals surface area contributed by atoms with Crippen LogP contribution >= 0.6 is 0 Å². The average Bonchev–Trinajstić information content (AvgIpc) is 2.86. The van der Waals surface area contributed by atoms with E-state index < -0.39 is 0 Å². The first-order chi connectivity index (χ1) is 16.9. The minimum absolute atomic E-state index is 0.00707. The lowest BCUT2D eigenvalue weighted by Gasteiger charge is -2.37. The molecule has 1 amide bonds. The molecule has 0 unspecified atom stereocenters. The van der Waals surface area contributed by atoms with Crippen molar-refractivity contribution in [1.82, 2.24) is 14.8 Å². The van der Waals surface area contributed by atoms with E-state index in [1.54, 1.807) is 35.4 Å². The number of likely N-dealkylation sites (N-methyl/N-ethyl adjacent to an activating group) is 1. The Labute approximate surface area is 206 Å². The first kappa shape index (κ1) is 24.8. The molecule has 35 heavy (non-hydrogen) atoms. The molecule has 7 heteroatoms. The molecule has 3 aromatic rings. The summed E-state index contributed by atoms with van der Waals surface area (Å²) in [6.45, 7) is 5.51. The standard InChI is InChI=1S/C28H32FN3O3/c1-19-15-32(20(2)18-33)28(34)24-13-22(23-11-7-8-12-25(23)29)14-30-27(24)35-26(19)17-31(3)16-21-9-5-4-6-10-21/h4-14,19-20,26,33H,15-18H2,1-3H3/t19-,20-,26+/m0/s1. The van der Waals surface area contributed by atoms with Crippen LogP contribution in [0.5, 0.6) is 5.88 Å². The lowest BCUT2D eigenvalue weighted by molar-refractivity contribution is 0.0325. The summed E-state index contributed by atoms with van der Waals surface area (Å²) in [7, 11) is 2.04. The van der Waals surface area contributed by atoms with Crippen molar-refractivity contribution < 1.29 is 19.0 Å². The minimum atomic E-state index is -0.386. The van der Waals surface area contributed by atoms with Crippen LogP contribution in [0.3, 0.4) is 0 Å². The Morgan fingerprint density at radius 1 is 1.17 bits per heavy atom. The Hall–Kier alpha value is -3.29. The van der Waals surface area contributed by atoms with Gasteiger partial charge < -0.3 is 14.7 Å². The molecule has 0 spiro atoms. The van der Waals surface area contributed by atoms with Crippen molar-refractivity contribution in [3.05, 3.63) is 83.8 Å². The lowest BCUT2D eigenvalue weighted by Crippen LogP contribution is -2.49. The molecule has 0 fully saturated rings. The number of hydrogen-bond donors (Lipinski definition) is 1. The zero-order valence-corrected chi connectivity index (χ0v) is 20.4. The van der Waals surface area contributed by atoms with Crippen LogP contribution in [0.15, 0.2) is 66.9 Å². The number of aliphatic hydroxyl groups is 1. The van der Waals surface area contributed by atoms with Crippen molar-refractivity contribution in [3.63, 3.8) is 0 Å². The van der Waals surface area contributed by atoms with Crippen LogP contribution in [0.25, 0.3) is 11.1 Å². The van der Waals surface area contributed by atoms with Gasteiger partial charge in [0.2, 0.25) is 5.88 Å². The van der Waals surface area contributed by atoms with Gasteiger partial charge >= 0.3 is 0 Å². The van der Waals surface area contributed by atoms with Gasteiger partial charge in [-0.3, -0.25) is 9.69 Å². The van der Waals surface area contributed by atoms with Crippen LogP contribution in [0.4, 0.5) is 4.39 Å². The average molecular weight is 478 g/mol. The molecule has 1 N–H and O–H groups in total. The molecule has 6 nitrogen and oxygen atoms in total. The van der Waals surface area contributed by atoms with Gasteiger partial charge in [0, 0.05) is 42.9 Å². The normalized spacial score (nSPS) is 19.0. The van der Waals surface area contributed by atoms with Crippen molar-refractivity contribution in [1.29, 1.82) is 0 Å². The number of hydrogen-bond acceptors (Lipinski definition) is 5. The summed E-state index contributed by atoms with van der Waals surface area (Å²) in [5, 5.41) is 9.85. The summed E-state index contributed by atoms with van der Waals surface area (Å²) < 4.78 is 20.8. The highest BCUT2D eigenvalue weighted by Crippen LogP contribution is 2.31. The second-order valence-electron chi connectivity index (χ2n) is 9.36. The predicted octanol–water partition coefficient (Wildman–Crippen LogP) is 4.24. The van der Waals surface area contributed by atoms with E-state index in [4.69, 9.17) is 4.74 Å². The fraction of sp³-hybridized carbons (Fsp3) is 0.357. The fourth-order valence-corrected chi connectivity index (χ4v) is 4.43. The van der Waals surface area contributed by atoms with Gasteiger partial charge in [-0.05, 0) is 31.7 Å².